The third-order valence-electron chi connectivity index (χ3n) is 3.44. The Morgan fingerprint density at radius 1 is 1.00 bits per heavy atom. The van der Waals surface area contributed by atoms with E-state index < -0.39 is 0 Å². The molecule has 0 aliphatic heterocycles. The van der Waals surface area contributed by atoms with Crippen molar-refractivity contribution in [1.82, 2.24) is 0 Å². The van der Waals surface area contributed by atoms with E-state index in [9.17, 15) is 0 Å². The summed E-state index contributed by atoms with van der Waals surface area (Å²) in [5.41, 5.74) is 5.93. The minimum Gasteiger partial charge on any atom is -0.103 e. The van der Waals surface area contributed by atoms with Crippen LogP contribution in [0.15, 0.2) is 24.8 Å². The Hall–Kier alpha value is -1.04. The van der Waals surface area contributed by atoms with Gasteiger partial charge in [-0.1, -0.05) is 24.6 Å². The summed E-state index contributed by atoms with van der Waals surface area (Å²) in [5, 5.41) is 0. The number of unbranched alkanes of at least 4 members (excludes halogenated alkanes) is 3. The number of benzene rings is 1. The highest BCUT2D eigenvalue weighted by Crippen LogP contribution is 2.20. The molecule has 0 aliphatic carbocycles. The molecule has 0 spiro atoms. The van der Waals surface area contributed by atoms with E-state index in [0.29, 0.717) is 0 Å². The van der Waals surface area contributed by atoms with Crippen LogP contribution in [0, 0.1) is 20.8 Å². The molecule has 0 aromatic heterocycles. The molecule has 0 atom stereocenters. The summed E-state index contributed by atoms with van der Waals surface area (Å²) in [4.78, 5) is 0. The Balaban J connectivity index is 2.53. The van der Waals surface area contributed by atoms with Crippen LogP contribution in [0.1, 0.15) is 47.9 Å². The Kier molecular flexibility index (Phi) is 5.31. The van der Waals surface area contributed by atoms with Crippen molar-refractivity contribution in [3.05, 3.63) is 47.0 Å². The van der Waals surface area contributed by atoms with Gasteiger partial charge in [0.25, 0.3) is 0 Å². The first-order chi connectivity index (χ1) is 7.66. The Morgan fingerprint density at radius 3 is 2.38 bits per heavy atom. The molecule has 88 valence electrons. The van der Waals surface area contributed by atoms with Crippen LogP contribution in [-0.2, 0) is 6.42 Å². The Bertz CT molecular complexity index is 347. The van der Waals surface area contributed by atoms with E-state index in [-0.39, 0.29) is 0 Å². The molecule has 1 aromatic rings. The normalized spacial score (nSPS) is 10.4. The average molecular weight is 216 g/mol. The van der Waals surface area contributed by atoms with Crippen LogP contribution >= 0.6 is 0 Å². The molecule has 16 heavy (non-hydrogen) atoms. The summed E-state index contributed by atoms with van der Waals surface area (Å²) in [7, 11) is 0. The van der Waals surface area contributed by atoms with E-state index in [4.69, 9.17) is 0 Å². The number of hydrogen-bond donors (Lipinski definition) is 0. The molecule has 0 nitrogen and oxygen atoms in total. The molecule has 0 saturated heterocycles. The zero-order chi connectivity index (χ0) is 12.0. The summed E-state index contributed by atoms with van der Waals surface area (Å²) in [6.07, 6.45) is 8.32. The molecule has 0 N–H and O–H groups in total. The highest BCUT2D eigenvalue weighted by molar-refractivity contribution is 5.39. The second-order valence-corrected chi connectivity index (χ2v) is 4.69. The topological polar surface area (TPSA) is 0 Å². The first-order valence-corrected chi connectivity index (χ1v) is 6.33. The van der Waals surface area contributed by atoms with Gasteiger partial charge in [0.1, 0.15) is 0 Å². The highest BCUT2D eigenvalue weighted by atomic mass is 14.1. The maximum atomic E-state index is 3.76. The van der Waals surface area contributed by atoms with Gasteiger partial charge >= 0.3 is 0 Å². The fourth-order valence-electron chi connectivity index (χ4n) is 2.16. The van der Waals surface area contributed by atoms with Crippen molar-refractivity contribution >= 4 is 0 Å². The molecular weight excluding hydrogens is 192 g/mol. The summed E-state index contributed by atoms with van der Waals surface area (Å²) in [6, 6.07) is 4.48. The van der Waals surface area contributed by atoms with Crippen LogP contribution in [0.4, 0.5) is 0 Å². The van der Waals surface area contributed by atoms with Crippen molar-refractivity contribution in [3.8, 4) is 0 Å². The lowest BCUT2D eigenvalue weighted by molar-refractivity contribution is 0.684. The summed E-state index contributed by atoms with van der Waals surface area (Å²) >= 11 is 0. The Labute approximate surface area is 100 Å². The lowest BCUT2D eigenvalue weighted by Gasteiger charge is -2.12. The Morgan fingerprint density at radius 2 is 1.69 bits per heavy atom. The molecular formula is C16H24. The lowest BCUT2D eigenvalue weighted by Crippen LogP contribution is -1.96. The summed E-state index contributed by atoms with van der Waals surface area (Å²) in [5.74, 6) is 0. The lowest BCUT2D eigenvalue weighted by atomic mass is 9.94. The van der Waals surface area contributed by atoms with Gasteiger partial charge in [-0.15, -0.1) is 6.58 Å². The van der Waals surface area contributed by atoms with E-state index in [0.717, 1.165) is 6.42 Å². The number of hydrogen-bond acceptors (Lipinski definition) is 0. The molecule has 0 heterocycles. The third kappa shape index (κ3) is 3.52. The molecule has 1 rings (SSSR count). The third-order valence-corrected chi connectivity index (χ3v) is 3.44. The van der Waals surface area contributed by atoms with E-state index in [1.807, 2.05) is 6.08 Å². The number of aryl methyl sites for hydroxylation is 2. The molecule has 0 fully saturated rings. The van der Waals surface area contributed by atoms with Gasteiger partial charge in [-0.25, -0.2) is 0 Å². The average Bonchev–Trinajstić information content (AvgIpc) is 2.28. The zero-order valence-corrected chi connectivity index (χ0v) is 11.0. The van der Waals surface area contributed by atoms with Crippen LogP contribution in [-0.4, -0.2) is 0 Å². The maximum Gasteiger partial charge on any atom is -0.0274 e. The van der Waals surface area contributed by atoms with Crippen LogP contribution in [0.2, 0.25) is 0 Å². The second kappa shape index (κ2) is 6.52. The fraction of sp³-hybridized carbons (Fsp3) is 0.500. The molecule has 0 amide bonds. The number of allylic oxidation sites excluding steroid dienone is 1. The van der Waals surface area contributed by atoms with Gasteiger partial charge in [-0.2, -0.15) is 0 Å². The summed E-state index contributed by atoms with van der Waals surface area (Å²) < 4.78 is 0. The minimum atomic E-state index is 1.16. The van der Waals surface area contributed by atoms with Crippen LogP contribution < -0.4 is 0 Å². The molecule has 1 aromatic carbocycles. The van der Waals surface area contributed by atoms with Gasteiger partial charge in [0.15, 0.2) is 0 Å². The molecule has 0 radical (unpaired) electrons. The first kappa shape index (κ1) is 13.0. The van der Waals surface area contributed by atoms with Gasteiger partial charge in [0, 0.05) is 0 Å². The SMILES string of the molecule is C=CCCCCCc1c(C)ccc(C)c1C. The van der Waals surface area contributed by atoms with E-state index in [1.54, 1.807) is 5.56 Å². The molecule has 0 unspecified atom stereocenters. The maximum absolute atomic E-state index is 3.76. The second-order valence-electron chi connectivity index (χ2n) is 4.69. The molecule has 0 saturated carbocycles. The predicted octanol–water partition coefficient (Wildman–Crippen LogP) is 4.90. The van der Waals surface area contributed by atoms with Crippen LogP contribution in [0.5, 0.6) is 0 Å². The molecule has 0 aliphatic rings. The smallest absolute Gasteiger partial charge is 0.0274 e. The number of rotatable bonds is 6. The predicted molar refractivity (Wildman–Crippen MR) is 73.0 cm³/mol. The fourth-order valence-corrected chi connectivity index (χ4v) is 2.16. The van der Waals surface area contributed by atoms with E-state index in [1.165, 1.54) is 42.4 Å². The van der Waals surface area contributed by atoms with Crippen molar-refractivity contribution in [2.24, 2.45) is 0 Å². The van der Waals surface area contributed by atoms with Gasteiger partial charge in [-0.05, 0) is 68.7 Å². The summed E-state index contributed by atoms with van der Waals surface area (Å²) in [6.45, 7) is 10.4. The zero-order valence-electron chi connectivity index (χ0n) is 11.0. The quantitative estimate of drug-likeness (QED) is 0.468. The van der Waals surface area contributed by atoms with Gasteiger partial charge in [0.2, 0.25) is 0 Å². The monoisotopic (exact) mass is 216 g/mol. The van der Waals surface area contributed by atoms with Crippen LogP contribution in [0.3, 0.4) is 0 Å². The largest absolute Gasteiger partial charge is 0.103 e. The first-order valence-electron chi connectivity index (χ1n) is 6.33. The van der Waals surface area contributed by atoms with Gasteiger partial charge in [0.05, 0.1) is 0 Å². The van der Waals surface area contributed by atoms with Crippen molar-refractivity contribution < 1.29 is 0 Å². The van der Waals surface area contributed by atoms with E-state index in [2.05, 4.69) is 39.5 Å². The van der Waals surface area contributed by atoms with Crippen molar-refractivity contribution in [2.75, 3.05) is 0 Å². The van der Waals surface area contributed by atoms with Crippen molar-refractivity contribution in [2.45, 2.75) is 52.9 Å². The van der Waals surface area contributed by atoms with Crippen LogP contribution in [0.25, 0.3) is 0 Å². The van der Waals surface area contributed by atoms with Crippen molar-refractivity contribution in [1.29, 1.82) is 0 Å². The van der Waals surface area contributed by atoms with Crippen molar-refractivity contribution in [3.63, 3.8) is 0 Å². The standard InChI is InChI=1S/C16H24/c1-5-6-7-8-9-10-16-14(3)12-11-13(2)15(16)4/h5,11-12H,1,6-10H2,2-4H3. The van der Waals surface area contributed by atoms with Gasteiger partial charge < -0.3 is 0 Å². The van der Waals surface area contributed by atoms with Gasteiger partial charge in [-0.3, -0.25) is 0 Å². The van der Waals surface area contributed by atoms with E-state index >= 15 is 0 Å². The molecule has 0 heteroatoms. The molecule has 0 bridgehead atoms. The highest BCUT2D eigenvalue weighted by Gasteiger charge is 2.04. The minimum absolute atomic E-state index is 1.16.